The molecule has 52 heavy (non-hydrogen) atoms. The minimum Gasteiger partial charge on any atom is -0.309 e. The molecule has 0 aliphatic rings. The summed E-state index contributed by atoms with van der Waals surface area (Å²) in [6, 6.07) is 57.1. The Bertz CT molecular complexity index is 3380. The standard InChI is InChI=1S/C46H27N5S/c1-5-15-38-30(10-1)31-11-2-6-16-39(31)49(38)28-19-22-42-36(26-28)32-12-3-7-17-40(32)50(42)29-20-23-43-37(27-29)33-13-4-8-18-41(33)51(43)44-24-21-35-34-14-9-25-47-45(34)52-46(35)48-44/h1-27H. The Hall–Kier alpha value is -6.76. The summed E-state index contributed by atoms with van der Waals surface area (Å²) in [5.41, 5.74) is 9.35. The lowest BCUT2D eigenvalue weighted by Gasteiger charge is -2.11. The van der Waals surface area contributed by atoms with Gasteiger partial charge in [-0.25, -0.2) is 9.97 Å². The molecule has 0 aliphatic carbocycles. The van der Waals surface area contributed by atoms with Crippen LogP contribution in [0.4, 0.5) is 0 Å². The Morgan fingerprint density at radius 2 is 0.788 bits per heavy atom. The van der Waals surface area contributed by atoms with Gasteiger partial charge in [-0.05, 0) is 84.9 Å². The van der Waals surface area contributed by atoms with Gasteiger partial charge in [0.1, 0.15) is 15.5 Å². The average molecular weight is 682 g/mol. The Labute approximate surface area is 300 Å². The third-order valence-electron chi connectivity index (χ3n) is 10.7. The molecule has 0 aliphatic heterocycles. The van der Waals surface area contributed by atoms with E-state index in [9.17, 15) is 0 Å². The molecule has 6 heterocycles. The molecule has 0 fully saturated rings. The maximum atomic E-state index is 5.21. The number of para-hydroxylation sites is 4. The summed E-state index contributed by atoms with van der Waals surface area (Å²) in [6.45, 7) is 0. The van der Waals surface area contributed by atoms with Crippen LogP contribution < -0.4 is 0 Å². The summed E-state index contributed by atoms with van der Waals surface area (Å²) < 4.78 is 7.12. The van der Waals surface area contributed by atoms with Crippen LogP contribution in [0.15, 0.2) is 164 Å². The number of benzene rings is 6. The van der Waals surface area contributed by atoms with Gasteiger partial charge in [-0.2, -0.15) is 0 Å². The van der Waals surface area contributed by atoms with Crippen molar-refractivity contribution in [3.63, 3.8) is 0 Å². The van der Waals surface area contributed by atoms with Crippen LogP contribution in [0.5, 0.6) is 0 Å². The summed E-state index contributed by atoms with van der Waals surface area (Å²) in [7, 11) is 0. The lowest BCUT2D eigenvalue weighted by molar-refractivity contribution is 1.10. The van der Waals surface area contributed by atoms with Crippen molar-refractivity contribution < 1.29 is 0 Å². The van der Waals surface area contributed by atoms with Crippen molar-refractivity contribution in [1.29, 1.82) is 0 Å². The monoisotopic (exact) mass is 681 g/mol. The minimum absolute atomic E-state index is 0.910. The zero-order chi connectivity index (χ0) is 33.9. The minimum atomic E-state index is 0.910. The normalized spacial score (nSPS) is 12.2. The lowest BCUT2D eigenvalue weighted by Crippen LogP contribution is -1.98. The second-order valence-corrected chi connectivity index (χ2v) is 14.4. The SMILES string of the molecule is c1cnc2sc3nc(-n4c5ccccc5c5cc(-n6c7ccccc7c7cc(-n8c9ccccc9c9ccccc98)ccc76)ccc54)ccc3c2c1. The highest BCUT2D eigenvalue weighted by atomic mass is 32.1. The van der Waals surface area contributed by atoms with Crippen LogP contribution in [0.25, 0.3) is 103 Å². The van der Waals surface area contributed by atoms with Crippen LogP contribution in [-0.2, 0) is 0 Å². The van der Waals surface area contributed by atoms with E-state index in [1.165, 1.54) is 54.4 Å². The molecule has 0 saturated heterocycles. The van der Waals surface area contributed by atoms with Crippen LogP contribution in [0.3, 0.4) is 0 Å². The summed E-state index contributed by atoms with van der Waals surface area (Å²) in [5.74, 6) is 0.910. The average Bonchev–Trinajstić information content (AvgIpc) is 3.93. The number of aromatic nitrogens is 5. The van der Waals surface area contributed by atoms with Crippen molar-refractivity contribution in [2.75, 3.05) is 0 Å². The third kappa shape index (κ3) is 3.76. The maximum Gasteiger partial charge on any atom is 0.139 e. The molecule has 0 spiro atoms. The Morgan fingerprint density at radius 1 is 0.346 bits per heavy atom. The molecular weight excluding hydrogens is 655 g/mol. The lowest BCUT2D eigenvalue weighted by atomic mass is 10.1. The molecular formula is C46H27N5S. The Balaban J connectivity index is 1.08. The Kier molecular flexibility index (Phi) is 5.59. The van der Waals surface area contributed by atoms with E-state index in [0.29, 0.717) is 0 Å². The molecule has 0 amide bonds. The van der Waals surface area contributed by atoms with Gasteiger partial charge in [0.25, 0.3) is 0 Å². The second-order valence-electron chi connectivity index (χ2n) is 13.5. The smallest absolute Gasteiger partial charge is 0.139 e. The highest BCUT2D eigenvalue weighted by Gasteiger charge is 2.19. The molecule has 0 unspecified atom stereocenters. The van der Waals surface area contributed by atoms with Crippen LogP contribution in [0.2, 0.25) is 0 Å². The van der Waals surface area contributed by atoms with E-state index in [1.54, 1.807) is 11.3 Å². The number of pyridine rings is 2. The number of thiophene rings is 1. The molecule has 6 aromatic heterocycles. The van der Waals surface area contributed by atoms with Gasteiger partial charge in [-0.15, -0.1) is 0 Å². The zero-order valence-electron chi connectivity index (χ0n) is 27.7. The molecule has 0 N–H and O–H groups in total. The van der Waals surface area contributed by atoms with E-state index in [0.717, 1.165) is 48.7 Å². The van der Waals surface area contributed by atoms with Crippen LogP contribution in [-0.4, -0.2) is 23.7 Å². The van der Waals surface area contributed by atoms with Crippen molar-refractivity contribution >= 4 is 97.2 Å². The van der Waals surface area contributed by atoms with E-state index < -0.39 is 0 Å². The van der Waals surface area contributed by atoms with Crippen LogP contribution in [0, 0.1) is 0 Å². The number of hydrogen-bond acceptors (Lipinski definition) is 3. The molecule has 0 radical (unpaired) electrons. The summed E-state index contributed by atoms with van der Waals surface area (Å²) in [5, 5.41) is 9.70. The predicted octanol–water partition coefficient (Wildman–Crippen LogP) is 12.1. The van der Waals surface area contributed by atoms with Crippen molar-refractivity contribution in [3.8, 4) is 17.2 Å². The van der Waals surface area contributed by atoms with Crippen LogP contribution >= 0.6 is 11.3 Å². The van der Waals surface area contributed by atoms with Gasteiger partial charge in [0.2, 0.25) is 0 Å². The first-order valence-electron chi connectivity index (χ1n) is 17.5. The van der Waals surface area contributed by atoms with Gasteiger partial charge in [0, 0.05) is 60.7 Å². The van der Waals surface area contributed by atoms with E-state index in [1.807, 2.05) is 12.3 Å². The number of fused-ring (bicyclic) bond motifs is 12. The van der Waals surface area contributed by atoms with Crippen molar-refractivity contribution in [1.82, 2.24) is 23.7 Å². The number of hydrogen-bond donors (Lipinski definition) is 0. The summed E-state index contributed by atoms with van der Waals surface area (Å²) in [6.07, 6.45) is 1.85. The van der Waals surface area contributed by atoms with Crippen molar-refractivity contribution in [2.45, 2.75) is 0 Å². The maximum absolute atomic E-state index is 5.21. The topological polar surface area (TPSA) is 40.6 Å². The summed E-state index contributed by atoms with van der Waals surface area (Å²) in [4.78, 5) is 11.8. The largest absolute Gasteiger partial charge is 0.309 e. The van der Waals surface area contributed by atoms with E-state index in [2.05, 4.69) is 170 Å². The molecule has 6 heteroatoms. The van der Waals surface area contributed by atoms with Gasteiger partial charge in [-0.3, -0.25) is 4.57 Å². The first-order valence-corrected chi connectivity index (χ1v) is 18.3. The molecule has 12 rings (SSSR count). The van der Waals surface area contributed by atoms with E-state index in [4.69, 9.17) is 4.98 Å². The van der Waals surface area contributed by atoms with Gasteiger partial charge in [0.15, 0.2) is 0 Å². The molecule has 0 bridgehead atoms. The molecule has 12 aromatic rings. The fraction of sp³-hybridized carbons (Fsp3) is 0. The van der Waals surface area contributed by atoms with Gasteiger partial charge in [-0.1, -0.05) is 84.1 Å². The Morgan fingerprint density at radius 3 is 1.37 bits per heavy atom. The third-order valence-corrected chi connectivity index (χ3v) is 11.8. The van der Waals surface area contributed by atoms with E-state index >= 15 is 0 Å². The highest BCUT2D eigenvalue weighted by molar-refractivity contribution is 7.25. The molecule has 0 saturated carbocycles. The number of rotatable bonds is 3. The first kappa shape index (κ1) is 28.0. The molecule has 5 nitrogen and oxygen atoms in total. The van der Waals surface area contributed by atoms with E-state index in [-0.39, 0.29) is 0 Å². The summed E-state index contributed by atoms with van der Waals surface area (Å²) >= 11 is 1.65. The second kappa shape index (κ2) is 10.4. The zero-order valence-corrected chi connectivity index (χ0v) is 28.5. The van der Waals surface area contributed by atoms with Gasteiger partial charge >= 0.3 is 0 Å². The van der Waals surface area contributed by atoms with Crippen molar-refractivity contribution in [3.05, 3.63) is 164 Å². The fourth-order valence-corrected chi connectivity index (χ4v) is 9.54. The van der Waals surface area contributed by atoms with Gasteiger partial charge < -0.3 is 9.13 Å². The molecule has 242 valence electrons. The van der Waals surface area contributed by atoms with Crippen molar-refractivity contribution in [2.24, 2.45) is 0 Å². The number of nitrogens with zero attached hydrogens (tertiary/aromatic N) is 5. The quantitative estimate of drug-likeness (QED) is 0.186. The highest BCUT2D eigenvalue weighted by Crippen LogP contribution is 2.40. The van der Waals surface area contributed by atoms with Crippen LogP contribution in [0.1, 0.15) is 0 Å². The fourth-order valence-electron chi connectivity index (χ4n) is 8.53. The molecule has 6 aromatic carbocycles. The molecule has 0 atom stereocenters. The first-order chi connectivity index (χ1) is 25.8. The predicted molar refractivity (Wildman–Crippen MR) is 218 cm³/mol. The van der Waals surface area contributed by atoms with Gasteiger partial charge in [0.05, 0.1) is 33.1 Å².